The van der Waals surface area contributed by atoms with Crippen LogP contribution < -0.4 is 0 Å². The van der Waals surface area contributed by atoms with Gasteiger partial charge >= 0.3 is 12.2 Å². The standard InChI is InChI=1S/C12H16N2O4S2/c1-5-9-17-11(15)13(7-3)19-20-14(8-4)12(16)18-10-6-2/h1-2H,7-10H2,3-4H3. The van der Waals surface area contributed by atoms with Crippen LogP contribution in [0.1, 0.15) is 13.8 Å². The van der Waals surface area contributed by atoms with E-state index in [0.29, 0.717) is 13.1 Å². The van der Waals surface area contributed by atoms with E-state index in [9.17, 15) is 9.59 Å². The summed E-state index contributed by atoms with van der Waals surface area (Å²) in [7, 11) is 2.11. The van der Waals surface area contributed by atoms with Crippen molar-refractivity contribution in [3.05, 3.63) is 0 Å². The van der Waals surface area contributed by atoms with Gasteiger partial charge in [-0.2, -0.15) is 0 Å². The molecule has 6 nitrogen and oxygen atoms in total. The topological polar surface area (TPSA) is 59.1 Å². The molecule has 20 heavy (non-hydrogen) atoms. The molecule has 0 atom stereocenters. The zero-order valence-corrected chi connectivity index (χ0v) is 13.0. The first-order chi connectivity index (χ1) is 9.60. The molecule has 0 fully saturated rings. The number of hydrogen-bond acceptors (Lipinski definition) is 6. The van der Waals surface area contributed by atoms with Crippen molar-refractivity contribution in [2.45, 2.75) is 13.8 Å². The van der Waals surface area contributed by atoms with Gasteiger partial charge < -0.3 is 9.47 Å². The van der Waals surface area contributed by atoms with Crippen molar-refractivity contribution in [1.29, 1.82) is 0 Å². The van der Waals surface area contributed by atoms with E-state index in [1.54, 1.807) is 13.8 Å². The fraction of sp³-hybridized carbons (Fsp3) is 0.500. The van der Waals surface area contributed by atoms with E-state index >= 15 is 0 Å². The maximum Gasteiger partial charge on any atom is 0.421 e. The number of nitrogens with zero attached hydrogens (tertiary/aromatic N) is 2. The van der Waals surface area contributed by atoms with Crippen molar-refractivity contribution in [1.82, 2.24) is 8.61 Å². The van der Waals surface area contributed by atoms with Gasteiger partial charge in [-0.15, -0.1) is 12.8 Å². The molecule has 0 saturated carbocycles. The normalized spacial score (nSPS) is 9.00. The largest absolute Gasteiger partial charge is 0.436 e. The molecule has 0 aliphatic heterocycles. The lowest BCUT2D eigenvalue weighted by Gasteiger charge is -2.22. The minimum Gasteiger partial charge on any atom is -0.436 e. The molecule has 0 heterocycles. The van der Waals surface area contributed by atoms with Gasteiger partial charge in [0.2, 0.25) is 0 Å². The van der Waals surface area contributed by atoms with E-state index in [2.05, 4.69) is 11.8 Å². The summed E-state index contributed by atoms with van der Waals surface area (Å²) in [4.78, 5) is 23.2. The van der Waals surface area contributed by atoms with Crippen molar-refractivity contribution in [3.8, 4) is 24.7 Å². The van der Waals surface area contributed by atoms with Crippen molar-refractivity contribution >= 4 is 34.1 Å². The molecule has 2 amide bonds. The Hall–Kier alpha value is -1.64. The molecule has 0 N–H and O–H groups in total. The lowest BCUT2D eigenvalue weighted by molar-refractivity contribution is 0.141. The Balaban J connectivity index is 4.31. The van der Waals surface area contributed by atoms with Gasteiger partial charge in [0.25, 0.3) is 0 Å². The maximum absolute atomic E-state index is 11.6. The van der Waals surface area contributed by atoms with Crippen LogP contribution in [0, 0.1) is 24.7 Å². The average molecular weight is 316 g/mol. The van der Waals surface area contributed by atoms with Gasteiger partial charge in [0.15, 0.2) is 13.2 Å². The van der Waals surface area contributed by atoms with E-state index in [-0.39, 0.29) is 13.2 Å². The van der Waals surface area contributed by atoms with E-state index in [1.165, 1.54) is 8.61 Å². The molecule has 0 radical (unpaired) electrons. The molecule has 0 aliphatic carbocycles. The van der Waals surface area contributed by atoms with Crippen molar-refractivity contribution in [2.24, 2.45) is 0 Å². The smallest absolute Gasteiger partial charge is 0.421 e. The number of hydrogen-bond donors (Lipinski definition) is 0. The molecule has 0 bridgehead atoms. The van der Waals surface area contributed by atoms with Gasteiger partial charge in [0, 0.05) is 35.0 Å². The van der Waals surface area contributed by atoms with Crippen molar-refractivity contribution in [3.63, 3.8) is 0 Å². The van der Waals surface area contributed by atoms with Gasteiger partial charge in [-0.05, 0) is 13.8 Å². The van der Waals surface area contributed by atoms with Crippen LogP contribution in [-0.4, -0.2) is 47.1 Å². The number of carbonyl (C=O) groups is 2. The zero-order chi connectivity index (χ0) is 15.4. The predicted octanol–water partition coefficient (Wildman–Crippen LogP) is 2.38. The quantitative estimate of drug-likeness (QED) is 0.408. The minimum atomic E-state index is -0.559. The first-order valence-corrected chi connectivity index (χ1v) is 7.77. The van der Waals surface area contributed by atoms with E-state index < -0.39 is 12.2 Å². The second-order valence-electron chi connectivity index (χ2n) is 3.06. The van der Waals surface area contributed by atoms with E-state index in [1.807, 2.05) is 0 Å². The summed E-state index contributed by atoms with van der Waals surface area (Å²) in [6.07, 6.45) is 8.89. The van der Waals surface area contributed by atoms with Crippen LogP contribution in [0.5, 0.6) is 0 Å². The number of rotatable bonds is 7. The van der Waals surface area contributed by atoms with Crippen LogP contribution in [0.15, 0.2) is 0 Å². The molecule has 0 unspecified atom stereocenters. The number of terminal acetylenes is 2. The third kappa shape index (κ3) is 7.07. The van der Waals surface area contributed by atoms with Crippen molar-refractivity contribution in [2.75, 3.05) is 26.3 Å². The molecule has 0 rings (SSSR count). The molecular formula is C12H16N2O4S2. The average Bonchev–Trinajstić information content (AvgIpc) is 2.46. The zero-order valence-electron chi connectivity index (χ0n) is 11.3. The summed E-state index contributed by atoms with van der Waals surface area (Å²) >= 11 is 0. The monoisotopic (exact) mass is 316 g/mol. The first kappa shape index (κ1) is 18.4. The van der Waals surface area contributed by atoms with Crippen LogP contribution in [0.3, 0.4) is 0 Å². The third-order valence-corrected chi connectivity index (χ3v) is 4.27. The molecule has 0 saturated heterocycles. The number of amides is 2. The molecule has 0 aliphatic rings. The lowest BCUT2D eigenvalue weighted by atomic mass is 10.7. The Kier molecular flexibility index (Phi) is 10.3. The Morgan fingerprint density at radius 2 is 1.30 bits per heavy atom. The Bertz CT molecular complexity index is 365. The third-order valence-electron chi connectivity index (χ3n) is 1.75. The summed E-state index contributed by atoms with van der Waals surface area (Å²) in [5.41, 5.74) is 0. The SMILES string of the molecule is C#CCOC(=O)N(CC)SSN(CC)C(=O)OCC#C. The van der Waals surface area contributed by atoms with Crippen molar-refractivity contribution < 1.29 is 19.1 Å². The highest BCUT2D eigenvalue weighted by Gasteiger charge is 2.19. The lowest BCUT2D eigenvalue weighted by Crippen LogP contribution is -2.28. The summed E-state index contributed by atoms with van der Waals surface area (Å²) < 4.78 is 12.2. The molecule has 0 aromatic carbocycles. The number of ether oxygens (including phenoxy) is 2. The van der Waals surface area contributed by atoms with Gasteiger partial charge in [-0.3, -0.25) is 0 Å². The highest BCUT2D eigenvalue weighted by atomic mass is 33.1. The summed E-state index contributed by atoms with van der Waals surface area (Å²) in [5, 5.41) is 0. The fourth-order valence-electron chi connectivity index (χ4n) is 0.856. The maximum atomic E-state index is 11.6. The molecule has 0 aromatic rings. The highest BCUT2D eigenvalue weighted by Crippen LogP contribution is 2.30. The summed E-state index contributed by atoms with van der Waals surface area (Å²) in [6.45, 7) is 4.16. The van der Waals surface area contributed by atoms with Gasteiger partial charge in [0.05, 0.1) is 0 Å². The molecular weight excluding hydrogens is 300 g/mol. The molecule has 110 valence electrons. The van der Waals surface area contributed by atoms with Gasteiger partial charge in [-0.1, -0.05) is 11.8 Å². The second-order valence-corrected chi connectivity index (χ2v) is 5.13. The Labute approximate surface area is 127 Å². The van der Waals surface area contributed by atoms with E-state index in [0.717, 1.165) is 22.0 Å². The minimum absolute atomic E-state index is 0.0950. The van der Waals surface area contributed by atoms with Crippen LogP contribution in [0.4, 0.5) is 9.59 Å². The molecule has 8 heteroatoms. The Morgan fingerprint density at radius 1 is 0.950 bits per heavy atom. The number of carbonyl (C=O) groups excluding carboxylic acids is 2. The summed E-state index contributed by atoms with van der Waals surface area (Å²) in [6, 6.07) is 0. The van der Waals surface area contributed by atoms with Crippen LogP contribution in [-0.2, 0) is 9.47 Å². The fourth-order valence-corrected chi connectivity index (χ4v) is 2.94. The molecule has 0 aromatic heterocycles. The highest BCUT2D eigenvalue weighted by molar-refractivity contribution is 8.75. The van der Waals surface area contributed by atoms with Gasteiger partial charge in [-0.25, -0.2) is 18.2 Å². The van der Waals surface area contributed by atoms with Crippen LogP contribution in [0.25, 0.3) is 0 Å². The van der Waals surface area contributed by atoms with Gasteiger partial charge in [0.1, 0.15) is 0 Å². The predicted molar refractivity (Wildman–Crippen MR) is 80.3 cm³/mol. The summed E-state index contributed by atoms with van der Waals surface area (Å²) in [5.74, 6) is 4.41. The van der Waals surface area contributed by atoms with E-state index in [4.69, 9.17) is 22.3 Å². The van der Waals surface area contributed by atoms with Crippen LogP contribution in [0.2, 0.25) is 0 Å². The Morgan fingerprint density at radius 3 is 1.55 bits per heavy atom. The first-order valence-electron chi connectivity index (χ1n) is 5.70. The molecule has 0 spiro atoms. The second kappa shape index (κ2) is 11.2. The van der Waals surface area contributed by atoms with Crippen LogP contribution >= 0.6 is 22.0 Å².